The molecule has 1 amide bonds. The zero-order valence-corrected chi connectivity index (χ0v) is 11.0. The third kappa shape index (κ3) is 2.71. The summed E-state index contributed by atoms with van der Waals surface area (Å²) >= 11 is 0. The van der Waals surface area contributed by atoms with E-state index in [4.69, 9.17) is 4.74 Å². The molecule has 4 nitrogen and oxygen atoms in total. The van der Waals surface area contributed by atoms with Crippen LogP contribution < -0.4 is 10.2 Å². The molecule has 1 aliphatic rings. The van der Waals surface area contributed by atoms with Crippen molar-refractivity contribution in [3.63, 3.8) is 0 Å². The molecule has 1 atom stereocenters. The van der Waals surface area contributed by atoms with Crippen LogP contribution in [0.3, 0.4) is 0 Å². The molecule has 0 saturated carbocycles. The fourth-order valence-electron chi connectivity index (χ4n) is 2.38. The number of benzene rings is 1. The molecule has 1 aromatic carbocycles. The normalized spacial score (nSPS) is 20.2. The number of ether oxygens (including phenoxy) is 1. The van der Waals surface area contributed by atoms with Crippen molar-refractivity contribution in [1.29, 1.82) is 0 Å². The second-order valence-corrected chi connectivity index (χ2v) is 4.58. The van der Waals surface area contributed by atoms with Crippen LogP contribution in [0.15, 0.2) is 24.3 Å². The largest absolute Gasteiger partial charge is 0.380 e. The second kappa shape index (κ2) is 5.98. The maximum atomic E-state index is 12.3. The standard InChI is InChI=1S/C14H20N2O2/c1-15-13-7-4-8-16(14(13)17)12-6-3-5-11(9-12)10-18-2/h3,5-6,9,13,15H,4,7-8,10H2,1-2H3. The number of carbonyl (C=O) groups is 1. The molecular formula is C14H20N2O2. The Hall–Kier alpha value is -1.39. The predicted molar refractivity (Wildman–Crippen MR) is 71.6 cm³/mol. The van der Waals surface area contributed by atoms with Crippen LogP contribution in [0, 0.1) is 0 Å². The summed E-state index contributed by atoms with van der Waals surface area (Å²) in [7, 11) is 3.52. The maximum Gasteiger partial charge on any atom is 0.244 e. The molecule has 1 fully saturated rings. The summed E-state index contributed by atoms with van der Waals surface area (Å²) in [5.74, 6) is 0.165. The van der Waals surface area contributed by atoms with Crippen LogP contribution in [-0.4, -0.2) is 32.7 Å². The first kappa shape index (κ1) is 13.1. The summed E-state index contributed by atoms with van der Waals surface area (Å²) in [5, 5.41) is 3.08. The third-order valence-electron chi connectivity index (χ3n) is 3.32. The Bertz CT molecular complexity index is 420. The molecule has 1 heterocycles. The van der Waals surface area contributed by atoms with Gasteiger partial charge in [-0.1, -0.05) is 12.1 Å². The topological polar surface area (TPSA) is 41.6 Å². The van der Waals surface area contributed by atoms with Gasteiger partial charge in [-0.05, 0) is 37.6 Å². The summed E-state index contributed by atoms with van der Waals surface area (Å²) in [6.45, 7) is 1.37. The van der Waals surface area contributed by atoms with Crippen LogP contribution in [0.2, 0.25) is 0 Å². The maximum absolute atomic E-state index is 12.3. The van der Waals surface area contributed by atoms with Crippen molar-refractivity contribution in [3.8, 4) is 0 Å². The summed E-state index contributed by atoms with van der Waals surface area (Å²) < 4.78 is 5.12. The average molecular weight is 248 g/mol. The Morgan fingerprint density at radius 2 is 2.33 bits per heavy atom. The number of hydrogen-bond donors (Lipinski definition) is 1. The quantitative estimate of drug-likeness (QED) is 0.879. The van der Waals surface area contributed by atoms with E-state index in [-0.39, 0.29) is 11.9 Å². The molecule has 4 heteroatoms. The van der Waals surface area contributed by atoms with Crippen molar-refractivity contribution in [2.75, 3.05) is 25.6 Å². The predicted octanol–water partition coefficient (Wildman–Crippen LogP) is 1.55. The van der Waals surface area contributed by atoms with E-state index in [1.54, 1.807) is 7.11 Å². The molecule has 98 valence electrons. The Labute approximate surface area is 108 Å². The van der Waals surface area contributed by atoms with Crippen molar-refractivity contribution in [2.24, 2.45) is 0 Å². The molecule has 1 aliphatic heterocycles. The first-order valence-corrected chi connectivity index (χ1v) is 6.33. The molecule has 1 saturated heterocycles. The van der Waals surface area contributed by atoms with Gasteiger partial charge >= 0.3 is 0 Å². The first-order chi connectivity index (χ1) is 8.76. The molecule has 0 spiro atoms. The highest BCUT2D eigenvalue weighted by atomic mass is 16.5. The number of rotatable bonds is 4. The lowest BCUT2D eigenvalue weighted by Crippen LogP contribution is -2.49. The number of likely N-dealkylation sites (N-methyl/N-ethyl adjacent to an activating group) is 1. The summed E-state index contributed by atoms with van der Waals surface area (Å²) in [6, 6.07) is 7.94. The van der Waals surface area contributed by atoms with Crippen molar-refractivity contribution in [3.05, 3.63) is 29.8 Å². The lowest BCUT2D eigenvalue weighted by molar-refractivity contribution is -0.121. The van der Waals surface area contributed by atoms with Crippen molar-refractivity contribution >= 4 is 11.6 Å². The molecule has 0 bridgehead atoms. The van der Waals surface area contributed by atoms with Gasteiger partial charge in [0.2, 0.25) is 5.91 Å². The Balaban J connectivity index is 2.19. The number of methoxy groups -OCH3 is 1. The Morgan fingerprint density at radius 1 is 1.50 bits per heavy atom. The summed E-state index contributed by atoms with van der Waals surface area (Å²) in [4.78, 5) is 14.1. The van der Waals surface area contributed by atoms with Gasteiger partial charge in [0.25, 0.3) is 0 Å². The van der Waals surface area contributed by atoms with E-state index in [1.807, 2.05) is 36.2 Å². The van der Waals surface area contributed by atoms with Gasteiger partial charge < -0.3 is 15.0 Å². The molecule has 1 unspecified atom stereocenters. The number of hydrogen-bond acceptors (Lipinski definition) is 3. The monoisotopic (exact) mass is 248 g/mol. The highest BCUT2D eigenvalue weighted by molar-refractivity contribution is 5.97. The van der Waals surface area contributed by atoms with Crippen LogP contribution in [0.4, 0.5) is 5.69 Å². The smallest absolute Gasteiger partial charge is 0.244 e. The van der Waals surface area contributed by atoms with Gasteiger partial charge in [-0.15, -0.1) is 0 Å². The SMILES string of the molecule is CNC1CCCN(c2cccc(COC)c2)C1=O. The number of nitrogens with one attached hydrogen (secondary N) is 1. The van der Waals surface area contributed by atoms with E-state index in [1.165, 1.54) is 0 Å². The third-order valence-corrected chi connectivity index (χ3v) is 3.32. The highest BCUT2D eigenvalue weighted by Gasteiger charge is 2.28. The van der Waals surface area contributed by atoms with Crippen molar-refractivity contribution < 1.29 is 9.53 Å². The minimum absolute atomic E-state index is 0.0511. The molecule has 1 N–H and O–H groups in total. The number of piperidine rings is 1. The van der Waals surface area contributed by atoms with Gasteiger partial charge in [0.05, 0.1) is 12.6 Å². The number of nitrogens with zero attached hydrogens (tertiary/aromatic N) is 1. The van der Waals surface area contributed by atoms with Crippen LogP contribution in [0.5, 0.6) is 0 Å². The summed E-state index contributed by atoms with van der Waals surface area (Å²) in [6.07, 6.45) is 1.95. The molecule has 18 heavy (non-hydrogen) atoms. The second-order valence-electron chi connectivity index (χ2n) is 4.58. The molecule has 0 radical (unpaired) electrons. The highest BCUT2D eigenvalue weighted by Crippen LogP contribution is 2.22. The van der Waals surface area contributed by atoms with Crippen LogP contribution >= 0.6 is 0 Å². The molecular weight excluding hydrogens is 228 g/mol. The van der Waals surface area contributed by atoms with Gasteiger partial charge in [0, 0.05) is 19.3 Å². The van der Waals surface area contributed by atoms with E-state index in [9.17, 15) is 4.79 Å². The number of anilines is 1. The Morgan fingerprint density at radius 3 is 3.06 bits per heavy atom. The van der Waals surface area contributed by atoms with E-state index in [0.717, 1.165) is 30.6 Å². The lowest BCUT2D eigenvalue weighted by atomic mass is 10.0. The van der Waals surface area contributed by atoms with Crippen LogP contribution in [0.1, 0.15) is 18.4 Å². The van der Waals surface area contributed by atoms with E-state index >= 15 is 0 Å². The van der Waals surface area contributed by atoms with Gasteiger partial charge in [-0.2, -0.15) is 0 Å². The fraction of sp³-hybridized carbons (Fsp3) is 0.500. The van der Waals surface area contributed by atoms with Crippen molar-refractivity contribution in [2.45, 2.75) is 25.5 Å². The number of carbonyl (C=O) groups excluding carboxylic acids is 1. The van der Waals surface area contributed by atoms with Crippen LogP contribution in [0.25, 0.3) is 0 Å². The van der Waals surface area contributed by atoms with Gasteiger partial charge in [-0.3, -0.25) is 4.79 Å². The lowest BCUT2D eigenvalue weighted by Gasteiger charge is -2.32. The number of amides is 1. The molecule has 1 aromatic rings. The van der Waals surface area contributed by atoms with Gasteiger partial charge in [0.15, 0.2) is 0 Å². The average Bonchev–Trinajstić information content (AvgIpc) is 2.40. The molecule has 0 aromatic heterocycles. The Kier molecular flexibility index (Phi) is 4.33. The fourth-order valence-corrected chi connectivity index (χ4v) is 2.38. The zero-order chi connectivity index (χ0) is 13.0. The molecule has 0 aliphatic carbocycles. The first-order valence-electron chi connectivity index (χ1n) is 6.33. The van der Waals surface area contributed by atoms with E-state index in [2.05, 4.69) is 5.32 Å². The minimum atomic E-state index is -0.0511. The van der Waals surface area contributed by atoms with Crippen molar-refractivity contribution in [1.82, 2.24) is 5.32 Å². The summed E-state index contributed by atoms with van der Waals surface area (Å²) in [5.41, 5.74) is 2.06. The molecule has 2 rings (SSSR count). The van der Waals surface area contributed by atoms with Crippen LogP contribution in [-0.2, 0) is 16.1 Å². The van der Waals surface area contributed by atoms with Gasteiger partial charge in [-0.25, -0.2) is 0 Å². The zero-order valence-electron chi connectivity index (χ0n) is 11.0. The minimum Gasteiger partial charge on any atom is -0.380 e. The van der Waals surface area contributed by atoms with E-state index in [0.29, 0.717) is 6.61 Å². The van der Waals surface area contributed by atoms with E-state index < -0.39 is 0 Å². The van der Waals surface area contributed by atoms with Gasteiger partial charge in [0.1, 0.15) is 0 Å².